The molecule has 5 nitrogen and oxygen atoms in total. The zero-order chi connectivity index (χ0) is 20.4. The highest BCUT2D eigenvalue weighted by atomic mass is 16.2. The number of aryl methyl sites for hydroxylation is 2. The molecule has 1 heterocycles. The average Bonchev–Trinajstić information content (AvgIpc) is 3.57. The van der Waals surface area contributed by atoms with E-state index in [-0.39, 0.29) is 36.4 Å². The van der Waals surface area contributed by atoms with Gasteiger partial charge in [-0.2, -0.15) is 0 Å². The van der Waals surface area contributed by atoms with E-state index in [9.17, 15) is 14.4 Å². The highest BCUT2D eigenvalue weighted by molar-refractivity contribution is 6.01. The first-order valence-electron chi connectivity index (χ1n) is 10.4. The number of carbonyl (C=O) groups is 3. The monoisotopic (exact) mass is 390 g/mol. The quantitative estimate of drug-likeness (QED) is 0.749. The number of amides is 2. The summed E-state index contributed by atoms with van der Waals surface area (Å²) in [5.41, 5.74) is 4.47. The molecule has 2 amide bonds. The van der Waals surface area contributed by atoms with Crippen LogP contribution in [0.25, 0.3) is 0 Å². The summed E-state index contributed by atoms with van der Waals surface area (Å²) in [5.74, 6) is 0.151. The molecule has 0 saturated heterocycles. The summed E-state index contributed by atoms with van der Waals surface area (Å²) in [5, 5.41) is 2.88. The van der Waals surface area contributed by atoms with Crippen LogP contribution >= 0.6 is 0 Å². The third kappa shape index (κ3) is 4.56. The number of hydrogen-bond donors (Lipinski definition) is 1. The lowest BCUT2D eigenvalue weighted by Gasteiger charge is -2.30. The molecular formula is C24H26N2O3. The van der Waals surface area contributed by atoms with Crippen LogP contribution in [-0.4, -0.2) is 24.1 Å². The summed E-state index contributed by atoms with van der Waals surface area (Å²) in [4.78, 5) is 39.1. The Morgan fingerprint density at radius 2 is 1.79 bits per heavy atom. The molecule has 0 bridgehead atoms. The van der Waals surface area contributed by atoms with Gasteiger partial charge in [0.2, 0.25) is 11.8 Å². The van der Waals surface area contributed by atoms with E-state index < -0.39 is 0 Å². The molecule has 0 atom stereocenters. The Morgan fingerprint density at radius 1 is 1.03 bits per heavy atom. The molecule has 2 aliphatic rings. The molecule has 5 heteroatoms. The second kappa shape index (κ2) is 8.19. The minimum atomic E-state index is -0.193. The molecule has 1 aliphatic carbocycles. The lowest BCUT2D eigenvalue weighted by molar-refractivity contribution is -0.120. The van der Waals surface area contributed by atoms with Crippen molar-refractivity contribution in [1.82, 2.24) is 0 Å². The van der Waals surface area contributed by atoms with E-state index in [1.165, 1.54) is 0 Å². The Balaban J connectivity index is 1.38. The van der Waals surface area contributed by atoms with E-state index in [0.29, 0.717) is 11.3 Å². The van der Waals surface area contributed by atoms with Crippen LogP contribution in [0.15, 0.2) is 42.5 Å². The smallest absolute Gasteiger partial charge is 0.230 e. The van der Waals surface area contributed by atoms with Gasteiger partial charge in [0.05, 0.1) is 0 Å². The Labute approximate surface area is 171 Å². The van der Waals surface area contributed by atoms with E-state index in [0.717, 1.165) is 49.0 Å². The fourth-order valence-electron chi connectivity index (χ4n) is 3.77. The summed E-state index contributed by atoms with van der Waals surface area (Å²) in [6.07, 6.45) is 4.19. The van der Waals surface area contributed by atoms with Crippen LogP contribution in [0.3, 0.4) is 0 Å². The summed E-state index contributed by atoms with van der Waals surface area (Å²) < 4.78 is 0. The predicted octanol–water partition coefficient (Wildman–Crippen LogP) is 4.29. The zero-order valence-electron chi connectivity index (χ0n) is 16.7. The van der Waals surface area contributed by atoms with E-state index in [2.05, 4.69) is 5.32 Å². The maximum absolute atomic E-state index is 12.6. The number of nitrogens with zero attached hydrogens (tertiary/aromatic N) is 1. The van der Waals surface area contributed by atoms with E-state index in [1.54, 1.807) is 12.1 Å². The van der Waals surface area contributed by atoms with Crippen LogP contribution in [0, 0.1) is 12.8 Å². The molecule has 150 valence electrons. The standard InChI is InChI=1S/C24H26N2O3/c1-16-4-6-18(7-5-16)22(27)12-13-23(28)25-20-11-10-17-3-2-14-26(21(17)15-20)24(29)19-8-9-19/h4-7,10-11,15,19H,2-3,8-9,12-14H2,1H3,(H,25,28). The van der Waals surface area contributed by atoms with Crippen molar-refractivity contribution in [1.29, 1.82) is 0 Å². The first kappa shape index (κ1) is 19.4. The van der Waals surface area contributed by atoms with Crippen LogP contribution in [0.4, 0.5) is 11.4 Å². The topological polar surface area (TPSA) is 66.5 Å². The highest BCUT2D eigenvalue weighted by Gasteiger charge is 2.35. The van der Waals surface area contributed by atoms with Crippen molar-refractivity contribution < 1.29 is 14.4 Å². The highest BCUT2D eigenvalue weighted by Crippen LogP contribution is 2.36. The van der Waals surface area contributed by atoms with Crippen molar-refractivity contribution >= 4 is 29.0 Å². The molecule has 0 unspecified atom stereocenters. The van der Waals surface area contributed by atoms with Crippen LogP contribution in [0.2, 0.25) is 0 Å². The van der Waals surface area contributed by atoms with Gasteiger partial charge in [0.25, 0.3) is 0 Å². The maximum Gasteiger partial charge on any atom is 0.230 e. The van der Waals surface area contributed by atoms with Gasteiger partial charge >= 0.3 is 0 Å². The van der Waals surface area contributed by atoms with Crippen molar-refractivity contribution in [3.63, 3.8) is 0 Å². The minimum Gasteiger partial charge on any atom is -0.326 e. The lowest BCUT2D eigenvalue weighted by atomic mass is 10.0. The molecule has 1 aliphatic heterocycles. The molecular weight excluding hydrogens is 364 g/mol. The number of hydrogen-bond acceptors (Lipinski definition) is 3. The fourth-order valence-corrected chi connectivity index (χ4v) is 3.77. The molecule has 0 radical (unpaired) electrons. The molecule has 2 aromatic rings. The minimum absolute atomic E-state index is 0.0354. The fraction of sp³-hybridized carbons (Fsp3) is 0.375. The van der Waals surface area contributed by atoms with Gasteiger partial charge in [-0.1, -0.05) is 35.9 Å². The molecule has 29 heavy (non-hydrogen) atoms. The lowest BCUT2D eigenvalue weighted by Crippen LogP contribution is -2.36. The molecule has 0 spiro atoms. The Bertz CT molecular complexity index is 945. The van der Waals surface area contributed by atoms with Crippen molar-refractivity contribution in [3.05, 3.63) is 59.2 Å². The number of rotatable bonds is 6. The maximum atomic E-state index is 12.6. The first-order chi connectivity index (χ1) is 14.0. The Hall–Kier alpha value is -2.95. The number of anilines is 2. The number of Topliss-reactive ketones (excluding diaryl/α,β-unsaturated/α-hetero) is 1. The third-order valence-electron chi connectivity index (χ3n) is 5.63. The summed E-state index contributed by atoms with van der Waals surface area (Å²) in [7, 11) is 0. The van der Waals surface area contributed by atoms with Crippen LogP contribution in [0.5, 0.6) is 0 Å². The molecule has 0 aromatic heterocycles. The Kier molecular flexibility index (Phi) is 5.47. The summed E-state index contributed by atoms with van der Waals surface area (Å²) >= 11 is 0. The van der Waals surface area contributed by atoms with Crippen molar-refractivity contribution in [3.8, 4) is 0 Å². The summed E-state index contributed by atoms with van der Waals surface area (Å²) in [6.45, 7) is 2.71. The van der Waals surface area contributed by atoms with Crippen molar-refractivity contribution in [2.24, 2.45) is 5.92 Å². The van der Waals surface area contributed by atoms with Gasteiger partial charge in [-0.25, -0.2) is 0 Å². The number of carbonyl (C=O) groups excluding carboxylic acids is 3. The van der Waals surface area contributed by atoms with Gasteiger partial charge in [0.1, 0.15) is 0 Å². The second-order valence-corrected chi connectivity index (χ2v) is 8.05. The number of nitrogens with one attached hydrogen (secondary N) is 1. The van der Waals surface area contributed by atoms with E-state index in [1.807, 2.05) is 42.2 Å². The van der Waals surface area contributed by atoms with Crippen molar-refractivity contribution in [2.45, 2.75) is 45.4 Å². The van der Waals surface area contributed by atoms with Gasteiger partial charge in [-0.3, -0.25) is 14.4 Å². The van der Waals surface area contributed by atoms with Gasteiger partial charge < -0.3 is 10.2 Å². The van der Waals surface area contributed by atoms with E-state index >= 15 is 0 Å². The van der Waals surface area contributed by atoms with Crippen LogP contribution < -0.4 is 10.2 Å². The number of benzene rings is 2. The van der Waals surface area contributed by atoms with Gasteiger partial charge in [0, 0.05) is 42.2 Å². The largest absolute Gasteiger partial charge is 0.326 e. The van der Waals surface area contributed by atoms with Crippen molar-refractivity contribution in [2.75, 3.05) is 16.8 Å². The SMILES string of the molecule is Cc1ccc(C(=O)CCC(=O)Nc2ccc3c(c2)N(C(=O)C2CC2)CCC3)cc1. The molecule has 1 fully saturated rings. The van der Waals surface area contributed by atoms with Gasteiger partial charge in [-0.15, -0.1) is 0 Å². The zero-order valence-corrected chi connectivity index (χ0v) is 16.7. The van der Waals surface area contributed by atoms with Crippen LogP contribution in [-0.2, 0) is 16.0 Å². The molecule has 4 rings (SSSR count). The summed E-state index contributed by atoms with van der Waals surface area (Å²) in [6, 6.07) is 13.2. The first-order valence-corrected chi connectivity index (χ1v) is 10.4. The molecule has 1 saturated carbocycles. The molecule has 1 N–H and O–H groups in total. The molecule has 2 aromatic carbocycles. The normalized spacial score (nSPS) is 15.6. The van der Waals surface area contributed by atoms with E-state index in [4.69, 9.17) is 0 Å². The second-order valence-electron chi connectivity index (χ2n) is 8.05. The predicted molar refractivity (Wildman–Crippen MR) is 113 cm³/mol. The third-order valence-corrected chi connectivity index (χ3v) is 5.63. The number of ketones is 1. The van der Waals surface area contributed by atoms with Gasteiger partial charge in [-0.05, 0) is 50.3 Å². The number of fused-ring (bicyclic) bond motifs is 1. The Morgan fingerprint density at radius 3 is 2.52 bits per heavy atom. The van der Waals surface area contributed by atoms with Gasteiger partial charge in [0.15, 0.2) is 5.78 Å². The van der Waals surface area contributed by atoms with Crippen LogP contribution in [0.1, 0.15) is 53.6 Å². The average molecular weight is 390 g/mol.